The first-order valence-corrected chi connectivity index (χ1v) is 7.69. The number of hydrazine groups is 1. The lowest BCUT2D eigenvalue weighted by molar-refractivity contribution is 0.160. The van der Waals surface area contributed by atoms with Gasteiger partial charge >= 0.3 is 0 Å². The highest BCUT2D eigenvalue weighted by molar-refractivity contribution is 6.30. The predicted molar refractivity (Wildman–Crippen MR) is 82.0 cm³/mol. The van der Waals surface area contributed by atoms with Gasteiger partial charge in [-0.3, -0.25) is 11.3 Å². The molecule has 1 saturated carbocycles. The standard InChI is InChI=1S/C16H24ClFN2/c1-16(2)7-5-11(6-8-16)15(20-19)9-12-3-4-13(17)10-14(12)18/h3-4,10-11,15,20H,5-9,19H2,1-2H3. The van der Waals surface area contributed by atoms with E-state index in [0.717, 1.165) is 12.8 Å². The summed E-state index contributed by atoms with van der Waals surface area (Å²) in [6, 6.07) is 4.99. The van der Waals surface area contributed by atoms with Crippen molar-refractivity contribution in [2.24, 2.45) is 17.2 Å². The van der Waals surface area contributed by atoms with Gasteiger partial charge in [-0.25, -0.2) is 4.39 Å². The van der Waals surface area contributed by atoms with Gasteiger partial charge in [0.05, 0.1) is 0 Å². The maximum Gasteiger partial charge on any atom is 0.127 e. The molecule has 2 rings (SSSR count). The van der Waals surface area contributed by atoms with Crippen LogP contribution >= 0.6 is 11.6 Å². The first-order valence-electron chi connectivity index (χ1n) is 7.31. The van der Waals surface area contributed by atoms with Gasteiger partial charge in [-0.05, 0) is 61.1 Å². The van der Waals surface area contributed by atoms with Crippen LogP contribution in [0.5, 0.6) is 0 Å². The minimum atomic E-state index is -0.242. The van der Waals surface area contributed by atoms with Gasteiger partial charge in [0, 0.05) is 11.1 Å². The third-order valence-corrected chi connectivity index (χ3v) is 4.86. The molecule has 2 nitrogen and oxygen atoms in total. The SMILES string of the molecule is CC1(C)CCC(C(Cc2ccc(Cl)cc2F)NN)CC1. The number of rotatable bonds is 4. The Morgan fingerprint density at radius 3 is 2.60 bits per heavy atom. The van der Waals surface area contributed by atoms with Gasteiger partial charge in [0.15, 0.2) is 0 Å². The van der Waals surface area contributed by atoms with Gasteiger partial charge < -0.3 is 0 Å². The predicted octanol–water partition coefficient (Wildman–Crippen LogP) is 4.07. The molecule has 112 valence electrons. The molecule has 1 atom stereocenters. The van der Waals surface area contributed by atoms with Crippen LogP contribution in [0.25, 0.3) is 0 Å². The summed E-state index contributed by atoms with van der Waals surface area (Å²) in [5.41, 5.74) is 4.00. The second kappa shape index (κ2) is 6.42. The van der Waals surface area contributed by atoms with Crippen molar-refractivity contribution in [3.63, 3.8) is 0 Å². The van der Waals surface area contributed by atoms with Crippen molar-refractivity contribution in [2.45, 2.75) is 52.0 Å². The number of hydrogen-bond acceptors (Lipinski definition) is 2. The van der Waals surface area contributed by atoms with E-state index in [4.69, 9.17) is 17.4 Å². The summed E-state index contributed by atoms with van der Waals surface area (Å²) in [5, 5.41) is 0.433. The van der Waals surface area contributed by atoms with Crippen molar-refractivity contribution >= 4 is 11.6 Å². The summed E-state index contributed by atoms with van der Waals surface area (Å²) in [5.74, 6) is 5.98. The Balaban J connectivity index is 2.02. The number of halogens is 2. The van der Waals surface area contributed by atoms with Crippen LogP contribution in [0.1, 0.15) is 45.1 Å². The Hall–Kier alpha value is -0.640. The van der Waals surface area contributed by atoms with Crippen LogP contribution in [0.3, 0.4) is 0 Å². The second-order valence-corrected chi connectivity index (χ2v) is 7.15. The molecular weight excluding hydrogens is 275 g/mol. The smallest absolute Gasteiger partial charge is 0.127 e. The largest absolute Gasteiger partial charge is 0.271 e. The van der Waals surface area contributed by atoms with E-state index in [2.05, 4.69) is 19.3 Å². The highest BCUT2D eigenvalue weighted by Gasteiger charge is 2.31. The molecule has 0 aromatic heterocycles. The third-order valence-electron chi connectivity index (χ3n) is 4.62. The van der Waals surface area contributed by atoms with E-state index in [1.54, 1.807) is 12.1 Å². The van der Waals surface area contributed by atoms with Crippen molar-refractivity contribution in [1.29, 1.82) is 0 Å². The zero-order valence-electron chi connectivity index (χ0n) is 12.3. The van der Waals surface area contributed by atoms with Crippen LogP contribution in [-0.2, 0) is 6.42 Å². The Bertz CT molecular complexity index is 452. The van der Waals surface area contributed by atoms with Gasteiger partial charge in [-0.1, -0.05) is 31.5 Å². The fraction of sp³-hybridized carbons (Fsp3) is 0.625. The van der Waals surface area contributed by atoms with Crippen molar-refractivity contribution < 1.29 is 4.39 Å². The van der Waals surface area contributed by atoms with E-state index < -0.39 is 0 Å². The van der Waals surface area contributed by atoms with Crippen molar-refractivity contribution in [3.05, 3.63) is 34.6 Å². The maximum absolute atomic E-state index is 13.9. The van der Waals surface area contributed by atoms with Crippen LogP contribution < -0.4 is 11.3 Å². The Morgan fingerprint density at radius 2 is 2.05 bits per heavy atom. The molecule has 1 aromatic carbocycles. The minimum absolute atomic E-state index is 0.127. The molecule has 0 heterocycles. The molecule has 1 fully saturated rings. The van der Waals surface area contributed by atoms with Crippen LogP contribution in [0.4, 0.5) is 4.39 Å². The van der Waals surface area contributed by atoms with Gasteiger partial charge in [0.25, 0.3) is 0 Å². The molecule has 0 amide bonds. The molecule has 0 saturated heterocycles. The quantitative estimate of drug-likeness (QED) is 0.649. The molecule has 1 aliphatic rings. The molecule has 1 unspecified atom stereocenters. The van der Waals surface area contributed by atoms with Crippen LogP contribution in [0, 0.1) is 17.2 Å². The molecule has 20 heavy (non-hydrogen) atoms. The summed E-state index contributed by atoms with van der Waals surface area (Å²) in [7, 11) is 0. The first kappa shape index (κ1) is 15.7. The molecule has 0 spiro atoms. The lowest BCUT2D eigenvalue weighted by atomic mass is 9.70. The fourth-order valence-electron chi connectivity index (χ4n) is 3.11. The normalized spacial score (nSPS) is 20.9. The van der Waals surface area contributed by atoms with Gasteiger partial charge in [0.1, 0.15) is 5.82 Å². The first-order chi connectivity index (χ1) is 9.41. The summed E-state index contributed by atoms with van der Waals surface area (Å²) >= 11 is 5.79. The van der Waals surface area contributed by atoms with Gasteiger partial charge in [0.2, 0.25) is 0 Å². The fourth-order valence-corrected chi connectivity index (χ4v) is 3.27. The highest BCUT2D eigenvalue weighted by atomic mass is 35.5. The van der Waals surface area contributed by atoms with E-state index >= 15 is 0 Å². The van der Waals surface area contributed by atoms with Crippen molar-refractivity contribution in [3.8, 4) is 0 Å². The van der Waals surface area contributed by atoms with E-state index in [1.165, 1.54) is 18.9 Å². The zero-order chi connectivity index (χ0) is 14.8. The monoisotopic (exact) mass is 298 g/mol. The second-order valence-electron chi connectivity index (χ2n) is 6.71. The summed E-state index contributed by atoms with van der Waals surface area (Å²) in [4.78, 5) is 0. The molecule has 4 heteroatoms. The molecular formula is C16H24ClFN2. The number of nitrogens with two attached hydrogens (primary N) is 1. The number of nitrogens with one attached hydrogen (secondary N) is 1. The average molecular weight is 299 g/mol. The summed E-state index contributed by atoms with van der Waals surface area (Å²) < 4.78 is 13.9. The van der Waals surface area contributed by atoms with E-state index in [0.29, 0.717) is 28.3 Å². The molecule has 1 aliphatic carbocycles. The molecule has 1 aromatic rings. The third kappa shape index (κ3) is 3.94. The Labute approximate surface area is 125 Å². The van der Waals surface area contributed by atoms with Crippen molar-refractivity contribution in [2.75, 3.05) is 0 Å². The lowest BCUT2D eigenvalue weighted by Gasteiger charge is -2.37. The average Bonchev–Trinajstić information content (AvgIpc) is 2.39. The van der Waals surface area contributed by atoms with E-state index in [1.807, 2.05) is 0 Å². The van der Waals surface area contributed by atoms with Crippen LogP contribution in [0.15, 0.2) is 18.2 Å². The van der Waals surface area contributed by atoms with E-state index in [-0.39, 0.29) is 11.9 Å². The van der Waals surface area contributed by atoms with Gasteiger partial charge in [-0.2, -0.15) is 0 Å². The Kier molecular flexibility index (Phi) is 5.05. The van der Waals surface area contributed by atoms with Crippen LogP contribution in [-0.4, -0.2) is 6.04 Å². The molecule has 0 bridgehead atoms. The van der Waals surface area contributed by atoms with Crippen molar-refractivity contribution in [1.82, 2.24) is 5.43 Å². The molecule has 3 N–H and O–H groups in total. The van der Waals surface area contributed by atoms with Gasteiger partial charge in [-0.15, -0.1) is 0 Å². The lowest BCUT2D eigenvalue weighted by Crippen LogP contribution is -2.44. The molecule has 0 aliphatic heterocycles. The summed E-state index contributed by atoms with van der Waals surface area (Å²) in [6.45, 7) is 4.62. The maximum atomic E-state index is 13.9. The zero-order valence-corrected chi connectivity index (χ0v) is 13.0. The Morgan fingerprint density at radius 1 is 1.40 bits per heavy atom. The number of benzene rings is 1. The number of hydrogen-bond donors (Lipinski definition) is 2. The highest BCUT2D eigenvalue weighted by Crippen LogP contribution is 2.39. The topological polar surface area (TPSA) is 38.0 Å². The summed E-state index contributed by atoms with van der Waals surface area (Å²) in [6.07, 6.45) is 5.33. The van der Waals surface area contributed by atoms with Crippen LogP contribution in [0.2, 0.25) is 5.02 Å². The molecule has 0 radical (unpaired) electrons. The van der Waals surface area contributed by atoms with E-state index in [9.17, 15) is 4.39 Å². The minimum Gasteiger partial charge on any atom is -0.271 e.